The molecule has 3 unspecified atom stereocenters. The highest BCUT2D eigenvalue weighted by Crippen LogP contribution is 2.22. The monoisotopic (exact) mass is 386 g/mol. The molecule has 0 saturated carbocycles. The van der Waals surface area contributed by atoms with Gasteiger partial charge in [-0.3, -0.25) is 14.5 Å². The summed E-state index contributed by atoms with van der Waals surface area (Å²) in [5.41, 5.74) is 0.504. The topological polar surface area (TPSA) is 99.7 Å². The van der Waals surface area contributed by atoms with Gasteiger partial charge in [0, 0.05) is 18.2 Å². The van der Waals surface area contributed by atoms with Crippen molar-refractivity contribution in [2.24, 2.45) is 10.9 Å². The van der Waals surface area contributed by atoms with E-state index in [1.807, 2.05) is 0 Å². The number of hydrogen-bond donors (Lipinski definition) is 3. The van der Waals surface area contributed by atoms with Gasteiger partial charge in [0.2, 0.25) is 5.91 Å². The summed E-state index contributed by atoms with van der Waals surface area (Å²) in [6.07, 6.45) is 1.01. The minimum Gasteiger partial charge on any atom is -0.350 e. The molecule has 0 aliphatic carbocycles. The summed E-state index contributed by atoms with van der Waals surface area (Å²) in [6.45, 7) is 5.48. The number of aliphatic imine (C=N–C) groups is 1. The number of rotatable bonds is 3. The maximum atomic E-state index is 12.4. The number of nitrogens with one attached hydrogen (secondary N) is 3. The number of amides is 1. The van der Waals surface area contributed by atoms with Crippen LogP contribution in [-0.2, 0) is 14.8 Å². The molecule has 2 aliphatic heterocycles. The van der Waals surface area contributed by atoms with Gasteiger partial charge in [-0.05, 0) is 37.9 Å². The Kier molecular flexibility index (Phi) is 6.08. The fourth-order valence-corrected chi connectivity index (χ4v) is 4.21. The number of piperidine rings is 1. The van der Waals surface area contributed by atoms with Crippen molar-refractivity contribution in [1.82, 2.24) is 15.4 Å². The number of amidine groups is 1. The van der Waals surface area contributed by atoms with Crippen LogP contribution in [0.15, 0.2) is 34.2 Å². The first-order valence-electron chi connectivity index (χ1n) is 8.09. The van der Waals surface area contributed by atoms with Gasteiger partial charge in [-0.1, -0.05) is 19.1 Å². The van der Waals surface area contributed by atoms with Gasteiger partial charge in [-0.15, -0.1) is 12.4 Å². The fourth-order valence-electron chi connectivity index (χ4n) is 2.97. The molecular formula is C16H23ClN4O3S. The van der Waals surface area contributed by atoms with E-state index in [0.29, 0.717) is 11.5 Å². The first-order valence-corrected chi connectivity index (χ1v) is 9.58. The normalized spacial score (nSPS) is 26.9. The lowest BCUT2D eigenvalue weighted by Crippen LogP contribution is -2.52. The molecule has 3 atom stereocenters. The molecule has 3 rings (SSSR count). The van der Waals surface area contributed by atoms with Crippen LogP contribution in [-0.4, -0.2) is 45.3 Å². The Bertz CT molecular complexity index is 781. The Morgan fingerprint density at radius 3 is 2.80 bits per heavy atom. The number of nitrogens with zero attached hydrogens (tertiary/aromatic N) is 1. The fraction of sp³-hybridized carbons (Fsp3) is 0.500. The van der Waals surface area contributed by atoms with Crippen molar-refractivity contribution in [3.8, 4) is 0 Å². The summed E-state index contributed by atoms with van der Waals surface area (Å²) < 4.78 is 26.6. The number of hydrogen-bond acceptors (Lipinski definition) is 5. The molecule has 0 bridgehead atoms. The number of halogens is 1. The summed E-state index contributed by atoms with van der Waals surface area (Å²) in [6, 6.07) is 6.01. The Morgan fingerprint density at radius 1 is 1.36 bits per heavy atom. The van der Waals surface area contributed by atoms with Gasteiger partial charge < -0.3 is 10.6 Å². The molecule has 25 heavy (non-hydrogen) atoms. The molecule has 3 N–H and O–H groups in total. The molecule has 1 fully saturated rings. The summed E-state index contributed by atoms with van der Waals surface area (Å²) in [5, 5.41) is 6.27. The van der Waals surface area contributed by atoms with Crippen LogP contribution in [0.1, 0.15) is 25.8 Å². The van der Waals surface area contributed by atoms with E-state index < -0.39 is 16.1 Å². The summed E-state index contributed by atoms with van der Waals surface area (Å²) in [7, 11) is -3.58. The van der Waals surface area contributed by atoms with Gasteiger partial charge in [0.1, 0.15) is 11.9 Å². The van der Waals surface area contributed by atoms with Crippen molar-refractivity contribution < 1.29 is 13.2 Å². The zero-order valence-corrected chi connectivity index (χ0v) is 15.8. The van der Waals surface area contributed by atoms with Crippen LogP contribution >= 0.6 is 12.4 Å². The molecule has 0 radical (unpaired) electrons. The zero-order valence-electron chi connectivity index (χ0n) is 14.2. The Labute approximate surface area is 154 Å². The van der Waals surface area contributed by atoms with Crippen LogP contribution in [0.3, 0.4) is 0 Å². The van der Waals surface area contributed by atoms with E-state index in [-0.39, 0.29) is 35.1 Å². The highest BCUT2D eigenvalue weighted by molar-refractivity contribution is 7.90. The van der Waals surface area contributed by atoms with Gasteiger partial charge in [0.25, 0.3) is 10.0 Å². The van der Waals surface area contributed by atoms with E-state index in [1.54, 1.807) is 25.1 Å². The van der Waals surface area contributed by atoms with Crippen LogP contribution in [0.4, 0.5) is 0 Å². The Morgan fingerprint density at radius 2 is 2.08 bits per heavy atom. The van der Waals surface area contributed by atoms with Crippen LogP contribution in [0.25, 0.3) is 0 Å². The molecule has 1 saturated heterocycles. The van der Waals surface area contributed by atoms with Crippen LogP contribution < -0.4 is 15.4 Å². The van der Waals surface area contributed by atoms with E-state index in [9.17, 15) is 13.2 Å². The molecule has 2 heterocycles. The summed E-state index contributed by atoms with van der Waals surface area (Å²) in [4.78, 5) is 16.9. The average Bonchev–Trinajstić information content (AvgIpc) is 2.81. The Balaban J connectivity index is 0.00000225. The van der Waals surface area contributed by atoms with E-state index in [2.05, 4.69) is 27.3 Å². The predicted molar refractivity (Wildman–Crippen MR) is 98.6 cm³/mol. The highest BCUT2D eigenvalue weighted by Gasteiger charge is 2.31. The third kappa shape index (κ3) is 4.13. The molecule has 0 aromatic heterocycles. The van der Waals surface area contributed by atoms with Gasteiger partial charge in [-0.25, -0.2) is 8.42 Å². The second-order valence-corrected chi connectivity index (χ2v) is 7.99. The van der Waals surface area contributed by atoms with Crippen molar-refractivity contribution in [2.45, 2.75) is 37.2 Å². The third-order valence-corrected chi connectivity index (χ3v) is 5.92. The molecular weight excluding hydrogens is 364 g/mol. The molecule has 138 valence electrons. The van der Waals surface area contributed by atoms with Crippen LogP contribution in [0.2, 0.25) is 0 Å². The minimum absolute atomic E-state index is 0. The number of carbonyl (C=O) groups excluding carboxylic acids is 1. The predicted octanol–water partition coefficient (Wildman–Crippen LogP) is 0.650. The van der Waals surface area contributed by atoms with Crippen molar-refractivity contribution in [1.29, 1.82) is 0 Å². The van der Waals surface area contributed by atoms with Gasteiger partial charge >= 0.3 is 0 Å². The maximum Gasteiger partial charge on any atom is 0.263 e. The summed E-state index contributed by atoms with van der Waals surface area (Å²) in [5.74, 6) is 0.426. The van der Waals surface area contributed by atoms with E-state index in [4.69, 9.17) is 0 Å². The van der Waals surface area contributed by atoms with Crippen molar-refractivity contribution in [3.05, 3.63) is 29.8 Å². The smallest absolute Gasteiger partial charge is 0.263 e. The minimum atomic E-state index is -3.58. The first kappa shape index (κ1) is 19.7. The quantitative estimate of drug-likeness (QED) is 0.710. The van der Waals surface area contributed by atoms with E-state index >= 15 is 0 Å². The second-order valence-electron chi connectivity index (χ2n) is 6.34. The maximum absolute atomic E-state index is 12.4. The van der Waals surface area contributed by atoms with Gasteiger partial charge in [0.05, 0.1) is 4.90 Å². The third-order valence-electron chi connectivity index (χ3n) is 4.52. The highest BCUT2D eigenvalue weighted by atomic mass is 35.5. The largest absolute Gasteiger partial charge is 0.350 e. The van der Waals surface area contributed by atoms with Crippen molar-refractivity contribution in [3.63, 3.8) is 0 Å². The number of benzene rings is 1. The van der Waals surface area contributed by atoms with Crippen molar-refractivity contribution in [2.75, 3.05) is 13.1 Å². The lowest BCUT2D eigenvalue weighted by atomic mass is 9.94. The van der Waals surface area contributed by atoms with Crippen LogP contribution in [0, 0.1) is 5.92 Å². The molecule has 1 aromatic rings. The molecule has 1 aromatic carbocycles. The molecule has 2 aliphatic rings. The lowest BCUT2D eigenvalue weighted by Gasteiger charge is -2.30. The Hall–Kier alpha value is -1.64. The van der Waals surface area contributed by atoms with Gasteiger partial charge in [-0.2, -0.15) is 0 Å². The molecule has 7 nitrogen and oxygen atoms in total. The second kappa shape index (κ2) is 7.72. The number of fused-ring (bicyclic) bond motifs is 1. The standard InChI is InChI=1S/C16H22N4O3S.ClH/c1-10-7-8-17-9-13(10)19-16(21)11(2)18-15-12-5-3-4-6-14(12)24(22,23)20-15;/h3-6,10-11,13,17H,7-9H2,1-2H3,(H,18,20)(H,19,21);1H. The molecule has 1 amide bonds. The van der Waals surface area contributed by atoms with E-state index in [0.717, 1.165) is 19.5 Å². The van der Waals surface area contributed by atoms with E-state index in [1.165, 1.54) is 6.07 Å². The first-order chi connectivity index (χ1) is 11.4. The van der Waals surface area contributed by atoms with Crippen LogP contribution in [0.5, 0.6) is 0 Å². The van der Waals surface area contributed by atoms with Gasteiger partial charge in [0.15, 0.2) is 0 Å². The SMILES string of the molecule is CC(N=C1NS(=O)(=O)c2ccccc21)C(=O)NC1CNCCC1C.Cl. The average molecular weight is 387 g/mol. The summed E-state index contributed by atoms with van der Waals surface area (Å²) >= 11 is 0. The van der Waals surface area contributed by atoms with Crippen molar-refractivity contribution >= 4 is 34.2 Å². The number of sulfonamides is 1. The zero-order chi connectivity index (χ0) is 17.3. The number of carbonyl (C=O) groups is 1. The lowest BCUT2D eigenvalue weighted by molar-refractivity contribution is -0.123. The molecule has 9 heteroatoms. The molecule has 0 spiro atoms.